The number of para-hydroxylation sites is 1. The van der Waals surface area contributed by atoms with Gasteiger partial charge in [0, 0.05) is 11.6 Å². The van der Waals surface area contributed by atoms with E-state index in [0.29, 0.717) is 18.1 Å². The minimum atomic E-state index is 0.359. The normalized spacial score (nSPS) is 22.4. The molecular formula is C16H26N2O. The lowest BCUT2D eigenvalue weighted by Crippen LogP contribution is -2.52. The van der Waals surface area contributed by atoms with Crippen LogP contribution in [0.15, 0.2) is 24.3 Å². The van der Waals surface area contributed by atoms with Crippen molar-refractivity contribution in [2.24, 2.45) is 0 Å². The second kappa shape index (κ2) is 6.40. The second-order valence-electron chi connectivity index (χ2n) is 5.38. The summed E-state index contributed by atoms with van der Waals surface area (Å²) in [4.78, 5) is 2.52. The summed E-state index contributed by atoms with van der Waals surface area (Å²) >= 11 is 0. The number of fused-ring (bicyclic) bond motifs is 1. The van der Waals surface area contributed by atoms with Crippen molar-refractivity contribution in [2.75, 3.05) is 19.7 Å². The van der Waals surface area contributed by atoms with Crippen LogP contribution >= 0.6 is 0 Å². The van der Waals surface area contributed by atoms with E-state index in [9.17, 15) is 0 Å². The van der Waals surface area contributed by atoms with Crippen molar-refractivity contribution in [1.82, 2.24) is 10.2 Å². The summed E-state index contributed by atoms with van der Waals surface area (Å²) in [5, 5.41) is 3.64. The Morgan fingerprint density at radius 2 is 2.05 bits per heavy atom. The van der Waals surface area contributed by atoms with E-state index in [-0.39, 0.29) is 0 Å². The van der Waals surface area contributed by atoms with E-state index in [0.717, 1.165) is 25.4 Å². The predicted molar refractivity (Wildman–Crippen MR) is 79.7 cm³/mol. The molecule has 2 unspecified atom stereocenters. The van der Waals surface area contributed by atoms with Gasteiger partial charge >= 0.3 is 0 Å². The Labute approximate surface area is 116 Å². The summed E-state index contributed by atoms with van der Waals surface area (Å²) in [6, 6.07) is 9.69. The average molecular weight is 262 g/mol. The molecule has 3 nitrogen and oxygen atoms in total. The third-order valence-corrected chi connectivity index (χ3v) is 3.93. The van der Waals surface area contributed by atoms with Gasteiger partial charge in [0.05, 0.1) is 12.1 Å². The van der Waals surface area contributed by atoms with Crippen LogP contribution in [0.5, 0.6) is 5.75 Å². The lowest BCUT2D eigenvalue weighted by atomic mass is 9.94. The zero-order valence-corrected chi connectivity index (χ0v) is 12.5. The van der Waals surface area contributed by atoms with E-state index >= 15 is 0 Å². The fourth-order valence-electron chi connectivity index (χ4n) is 3.08. The van der Waals surface area contributed by atoms with Gasteiger partial charge in [-0.1, -0.05) is 32.0 Å². The number of ether oxygens (including phenoxy) is 1. The Bertz CT molecular complexity index is 405. The molecule has 3 heteroatoms. The number of hydrogen-bond donors (Lipinski definition) is 1. The molecule has 1 aromatic carbocycles. The largest absolute Gasteiger partial charge is 0.492 e. The van der Waals surface area contributed by atoms with Gasteiger partial charge in [-0.25, -0.2) is 0 Å². The standard InChI is InChI=1S/C16H26N2O/c1-5-17-16-13-9-7-8-10-15(13)19-11-14(16)18(6-2)12(3)4/h7-10,12,14,16-17H,5-6,11H2,1-4H3. The molecule has 19 heavy (non-hydrogen) atoms. The summed E-state index contributed by atoms with van der Waals surface area (Å²) < 4.78 is 5.96. The Morgan fingerprint density at radius 1 is 1.32 bits per heavy atom. The predicted octanol–water partition coefficient (Wildman–Crippen LogP) is 2.83. The fraction of sp³-hybridized carbons (Fsp3) is 0.625. The van der Waals surface area contributed by atoms with Crippen LogP contribution in [0.1, 0.15) is 39.3 Å². The van der Waals surface area contributed by atoms with Gasteiger partial charge in [0.25, 0.3) is 0 Å². The van der Waals surface area contributed by atoms with Gasteiger partial charge in [0.2, 0.25) is 0 Å². The summed E-state index contributed by atoms with van der Waals surface area (Å²) in [6.45, 7) is 11.7. The summed E-state index contributed by atoms with van der Waals surface area (Å²) in [7, 11) is 0. The highest BCUT2D eigenvalue weighted by Gasteiger charge is 2.34. The lowest BCUT2D eigenvalue weighted by Gasteiger charge is -2.42. The molecule has 0 radical (unpaired) electrons. The molecule has 0 aliphatic carbocycles. The van der Waals surface area contributed by atoms with Crippen LogP contribution in [-0.2, 0) is 0 Å². The number of hydrogen-bond acceptors (Lipinski definition) is 3. The molecule has 0 fully saturated rings. The lowest BCUT2D eigenvalue weighted by molar-refractivity contribution is 0.0674. The van der Waals surface area contributed by atoms with Crippen LogP contribution < -0.4 is 10.1 Å². The maximum Gasteiger partial charge on any atom is 0.124 e. The van der Waals surface area contributed by atoms with Crippen LogP contribution in [-0.4, -0.2) is 36.7 Å². The molecule has 2 rings (SSSR count). The van der Waals surface area contributed by atoms with Crippen molar-refractivity contribution in [3.8, 4) is 5.75 Å². The monoisotopic (exact) mass is 262 g/mol. The number of nitrogens with zero attached hydrogens (tertiary/aromatic N) is 1. The first kappa shape index (κ1) is 14.4. The number of nitrogens with one attached hydrogen (secondary N) is 1. The molecule has 0 spiro atoms. The van der Waals surface area contributed by atoms with Crippen molar-refractivity contribution >= 4 is 0 Å². The van der Waals surface area contributed by atoms with Crippen molar-refractivity contribution in [1.29, 1.82) is 0 Å². The summed E-state index contributed by atoms with van der Waals surface area (Å²) in [6.07, 6.45) is 0. The highest BCUT2D eigenvalue weighted by atomic mass is 16.5. The number of benzene rings is 1. The van der Waals surface area contributed by atoms with E-state index < -0.39 is 0 Å². The minimum absolute atomic E-state index is 0.359. The van der Waals surface area contributed by atoms with Gasteiger partial charge in [0.1, 0.15) is 12.4 Å². The minimum Gasteiger partial charge on any atom is -0.492 e. The molecule has 106 valence electrons. The average Bonchev–Trinajstić information content (AvgIpc) is 2.41. The topological polar surface area (TPSA) is 24.5 Å². The quantitative estimate of drug-likeness (QED) is 0.883. The zero-order valence-electron chi connectivity index (χ0n) is 12.5. The first-order valence-electron chi connectivity index (χ1n) is 7.39. The van der Waals surface area contributed by atoms with Crippen molar-refractivity contribution in [3.05, 3.63) is 29.8 Å². The van der Waals surface area contributed by atoms with Gasteiger partial charge in [-0.15, -0.1) is 0 Å². The van der Waals surface area contributed by atoms with E-state index in [2.05, 4.69) is 56.1 Å². The highest BCUT2D eigenvalue weighted by Crippen LogP contribution is 2.34. The van der Waals surface area contributed by atoms with Gasteiger partial charge in [0.15, 0.2) is 0 Å². The summed E-state index contributed by atoms with van der Waals surface area (Å²) in [5.74, 6) is 1.03. The van der Waals surface area contributed by atoms with E-state index in [1.165, 1.54) is 5.56 Å². The van der Waals surface area contributed by atoms with E-state index in [1.807, 2.05) is 6.07 Å². The van der Waals surface area contributed by atoms with Crippen LogP contribution in [0.25, 0.3) is 0 Å². The first-order chi connectivity index (χ1) is 9.19. The third kappa shape index (κ3) is 2.93. The molecule has 0 aromatic heterocycles. The Hall–Kier alpha value is -1.06. The van der Waals surface area contributed by atoms with Gasteiger partial charge in [-0.2, -0.15) is 0 Å². The van der Waals surface area contributed by atoms with Crippen LogP contribution in [0.3, 0.4) is 0 Å². The molecule has 0 bridgehead atoms. The number of likely N-dealkylation sites (N-methyl/N-ethyl adjacent to an activating group) is 2. The van der Waals surface area contributed by atoms with Crippen molar-refractivity contribution in [2.45, 2.75) is 45.8 Å². The van der Waals surface area contributed by atoms with Crippen molar-refractivity contribution in [3.63, 3.8) is 0 Å². The Balaban J connectivity index is 2.30. The smallest absolute Gasteiger partial charge is 0.124 e. The second-order valence-corrected chi connectivity index (χ2v) is 5.38. The maximum absolute atomic E-state index is 5.96. The van der Waals surface area contributed by atoms with Crippen molar-refractivity contribution < 1.29 is 4.74 Å². The SMILES string of the molecule is CCNC1c2ccccc2OCC1N(CC)C(C)C. The fourth-order valence-corrected chi connectivity index (χ4v) is 3.08. The van der Waals surface area contributed by atoms with E-state index in [1.54, 1.807) is 0 Å². The molecule has 1 aromatic rings. The number of rotatable bonds is 5. The molecular weight excluding hydrogens is 236 g/mol. The summed E-state index contributed by atoms with van der Waals surface area (Å²) in [5.41, 5.74) is 1.29. The Kier molecular flexibility index (Phi) is 4.83. The molecule has 2 atom stereocenters. The molecule has 1 heterocycles. The third-order valence-electron chi connectivity index (χ3n) is 3.93. The molecule has 0 saturated carbocycles. The van der Waals surface area contributed by atoms with Crippen LogP contribution in [0.2, 0.25) is 0 Å². The van der Waals surface area contributed by atoms with E-state index in [4.69, 9.17) is 4.74 Å². The van der Waals surface area contributed by atoms with Crippen LogP contribution in [0, 0.1) is 0 Å². The van der Waals surface area contributed by atoms with Crippen LogP contribution in [0.4, 0.5) is 0 Å². The molecule has 1 aliphatic rings. The molecule has 1 aliphatic heterocycles. The molecule has 1 N–H and O–H groups in total. The first-order valence-corrected chi connectivity index (χ1v) is 7.39. The van der Waals surface area contributed by atoms with Gasteiger partial charge in [-0.05, 0) is 33.0 Å². The highest BCUT2D eigenvalue weighted by molar-refractivity contribution is 5.38. The van der Waals surface area contributed by atoms with Gasteiger partial charge < -0.3 is 10.1 Å². The maximum atomic E-state index is 5.96. The molecule has 0 amide bonds. The Morgan fingerprint density at radius 3 is 2.68 bits per heavy atom. The zero-order chi connectivity index (χ0) is 13.8. The molecule has 0 saturated heterocycles. The van der Waals surface area contributed by atoms with Gasteiger partial charge in [-0.3, -0.25) is 4.90 Å².